The van der Waals surface area contributed by atoms with Gasteiger partial charge in [0.2, 0.25) is 5.91 Å². The molecule has 128 valence electrons. The molecule has 1 N–H and O–H groups in total. The summed E-state index contributed by atoms with van der Waals surface area (Å²) in [5, 5.41) is 16.5. The molecule has 1 aromatic carbocycles. The lowest BCUT2D eigenvalue weighted by Gasteiger charge is -2.09. The zero-order valence-corrected chi connectivity index (χ0v) is 12.7. The van der Waals surface area contributed by atoms with E-state index in [9.17, 15) is 28.1 Å². The van der Waals surface area contributed by atoms with E-state index >= 15 is 0 Å². The first-order valence-electron chi connectivity index (χ1n) is 6.74. The maximum absolute atomic E-state index is 12.6. The smallest absolute Gasteiger partial charge is 0.324 e. The van der Waals surface area contributed by atoms with Crippen LogP contribution in [-0.2, 0) is 17.5 Å². The number of benzene rings is 1. The van der Waals surface area contributed by atoms with Crippen LogP contribution in [0.1, 0.15) is 17.0 Å². The SMILES string of the molecule is Cc1cc([N+](=O)[O-])ccc1NC(=O)Cn1nc(C(F)(F)F)cc1C. The number of alkyl halides is 3. The van der Waals surface area contributed by atoms with Gasteiger partial charge in [-0.25, -0.2) is 0 Å². The number of halogens is 3. The molecule has 1 aromatic heterocycles. The van der Waals surface area contributed by atoms with Crippen molar-refractivity contribution in [1.82, 2.24) is 9.78 Å². The molecule has 1 amide bonds. The average Bonchev–Trinajstić information content (AvgIpc) is 2.82. The molecule has 0 aliphatic rings. The Bertz CT molecular complexity index is 799. The number of non-ortho nitro benzene ring substituents is 1. The number of nitrogens with zero attached hydrogens (tertiary/aromatic N) is 3. The first-order chi connectivity index (χ1) is 11.1. The van der Waals surface area contributed by atoms with Gasteiger partial charge in [-0.15, -0.1) is 0 Å². The van der Waals surface area contributed by atoms with E-state index in [0.29, 0.717) is 11.3 Å². The van der Waals surface area contributed by atoms with Crippen molar-refractivity contribution in [2.45, 2.75) is 26.6 Å². The normalized spacial score (nSPS) is 11.4. The summed E-state index contributed by atoms with van der Waals surface area (Å²) in [5.41, 5.74) is -0.197. The van der Waals surface area contributed by atoms with Gasteiger partial charge in [-0.1, -0.05) is 0 Å². The molecule has 0 aliphatic heterocycles. The van der Waals surface area contributed by atoms with Crippen LogP contribution < -0.4 is 5.32 Å². The molecule has 0 saturated carbocycles. The van der Waals surface area contributed by atoms with E-state index in [1.807, 2.05) is 0 Å². The highest BCUT2D eigenvalue weighted by molar-refractivity contribution is 5.91. The predicted octanol–water partition coefficient (Wildman–Crippen LogP) is 3.07. The minimum Gasteiger partial charge on any atom is -0.324 e. The van der Waals surface area contributed by atoms with Gasteiger partial charge in [0.25, 0.3) is 5.69 Å². The van der Waals surface area contributed by atoms with E-state index < -0.39 is 29.2 Å². The number of anilines is 1. The molecule has 2 aromatic rings. The Labute approximate surface area is 134 Å². The topological polar surface area (TPSA) is 90.1 Å². The van der Waals surface area contributed by atoms with Crippen molar-refractivity contribution in [2.75, 3.05) is 5.32 Å². The van der Waals surface area contributed by atoms with Gasteiger partial charge < -0.3 is 5.32 Å². The molecule has 24 heavy (non-hydrogen) atoms. The highest BCUT2D eigenvalue weighted by Crippen LogP contribution is 2.28. The molecule has 0 spiro atoms. The highest BCUT2D eigenvalue weighted by atomic mass is 19.4. The number of rotatable bonds is 4. The molecule has 0 saturated heterocycles. The molecule has 0 fully saturated rings. The molecular weight excluding hydrogens is 329 g/mol. The van der Waals surface area contributed by atoms with E-state index in [-0.39, 0.29) is 11.4 Å². The van der Waals surface area contributed by atoms with Crippen molar-refractivity contribution in [3.63, 3.8) is 0 Å². The summed E-state index contributed by atoms with van der Waals surface area (Å²) in [5.74, 6) is -0.591. The lowest BCUT2D eigenvalue weighted by Crippen LogP contribution is -2.21. The van der Waals surface area contributed by atoms with Crippen molar-refractivity contribution >= 4 is 17.3 Å². The first-order valence-corrected chi connectivity index (χ1v) is 6.74. The third kappa shape index (κ3) is 3.89. The van der Waals surface area contributed by atoms with Gasteiger partial charge in [0, 0.05) is 23.5 Å². The number of amides is 1. The number of nitro groups is 1. The Morgan fingerprint density at radius 3 is 2.50 bits per heavy atom. The average molecular weight is 342 g/mol. The Morgan fingerprint density at radius 2 is 2.00 bits per heavy atom. The zero-order chi connectivity index (χ0) is 18.1. The van der Waals surface area contributed by atoms with Crippen LogP contribution in [0.4, 0.5) is 24.5 Å². The largest absolute Gasteiger partial charge is 0.435 e. The third-order valence-corrected chi connectivity index (χ3v) is 3.26. The van der Waals surface area contributed by atoms with E-state index in [4.69, 9.17) is 0 Å². The van der Waals surface area contributed by atoms with Crippen LogP contribution in [0.5, 0.6) is 0 Å². The van der Waals surface area contributed by atoms with Gasteiger partial charge >= 0.3 is 6.18 Å². The first kappa shape index (κ1) is 17.4. The fourth-order valence-electron chi connectivity index (χ4n) is 2.04. The number of aryl methyl sites for hydroxylation is 2. The molecule has 0 radical (unpaired) electrons. The summed E-state index contributed by atoms with van der Waals surface area (Å²) < 4.78 is 38.7. The number of aromatic nitrogens is 2. The van der Waals surface area contributed by atoms with E-state index in [1.165, 1.54) is 25.1 Å². The van der Waals surface area contributed by atoms with Crippen molar-refractivity contribution in [3.05, 3.63) is 51.3 Å². The number of nitro benzene ring substituents is 1. The van der Waals surface area contributed by atoms with Gasteiger partial charge in [-0.2, -0.15) is 18.3 Å². The lowest BCUT2D eigenvalue weighted by molar-refractivity contribution is -0.384. The maximum Gasteiger partial charge on any atom is 0.435 e. The fraction of sp³-hybridized carbons (Fsp3) is 0.286. The van der Waals surface area contributed by atoms with E-state index in [2.05, 4.69) is 10.4 Å². The highest BCUT2D eigenvalue weighted by Gasteiger charge is 2.34. The van der Waals surface area contributed by atoms with Gasteiger partial charge in [0.05, 0.1) is 4.92 Å². The van der Waals surface area contributed by atoms with Gasteiger partial charge in [-0.3, -0.25) is 19.6 Å². The maximum atomic E-state index is 12.6. The number of hydrogen-bond donors (Lipinski definition) is 1. The number of carbonyl (C=O) groups excluding carboxylic acids is 1. The van der Waals surface area contributed by atoms with Crippen LogP contribution >= 0.6 is 0 Å². The van der Waals surface area contributed by atoms with Crippen molar-refractivity contribution in [2.24, 2.45) is 0 Å². The van der Waals surface area contributed by atoms with Crippen LogP contribution in [0.25, 0.3) is 0 Å². The Hall–Kier alpha value is -2.91. The molecular formula is C14H13F3N4O3. The number of carbonyl (C=O) groups is 1. The van der Waals surface area contributed by atoms with E-state index in [1.54, 1.807) is 6.92 Å². The van der Waals surface area contributed by atoms with Crippen molar-refractivity contribution < 1.29 is 22.9 Å². The van der Waals surface area contributed by atoms with E-state index in [0.717, 1.165) is 10.7 Å². The van der Waals surface area contributed by atoms with Gasteiger partial charge in [-0.05, 0) is 31.5 Å². The summed E-state index contributed by atoms with van der Waals surface area (Å²) in [6.45, 7) is 2.58. The van der Waals surface area contributed by atoms with Crippen LogP contribution in [0.2, 0.25) is 0 Å². The molecule has 1 heterocycles. The van der Waals surface area contributed by atoms with Crippen molar-refractivity contribution in [3.8, 4) is 0 Å². The molecule has 0 bridgehead atoms. The molecule has 10 heteroatoms. The quantitative estimate of drug-likeness (QED) is 0.683. The van der Waals surface area contributed by atoms with Crippen molar-refractivity contribution in [1.29, 1.82) is 0 Å². The second-order valence-electron chi connectivity index (χ2n) is 5.13. The second-order valence-corrected chi connectivity index (χ2v) is 5.13. The monoisotopic (exact) mass is 342 g/mol. The number of hydrogen-bond acceptors (Lipinski definition) is 4. The molecule has 0 atom stereocenters. The van der Waals surface area contributed by atoms with Gasteiger partial charge in [0.1, 0.15) is 6.54 Å². The number of nitrogens with one attached hydrogen (secondary N) is 1. The van der Waals surface area contributed by atoms with Crippen LogP contribution in [0.15, 0.2) is 24.3 Å². The fourth-order valence-corrected chi connectivity index (χ4v) is 2.04. The summed E-state index contributed by atoms with van der Waals surface area (Å²) in [6.07, 6.45) is -4.58. The van der Waals surface area contributed by atoms with Crippen LogP contribution in [-0.4, -0.2) is 20.6 Å². The lowest BCUT2D eigenvalue weighted by atomic mass is 10.2. The Balaban J connectivity index is 2.12. The van der Waals surface area contributed by atoms with Crippen LogP contribution in [0.3, 0.4) is 0 Å². The Morgan fingerprint density at radius 1 is 1.33 bits per heavy atom. The van der Waals surface area contributed by atoms with Crippen LogP contribution in [0, 0.1) is 24.0 Å². The second kappa shape index (κ2) is 6.30. The summed E-state index contributed by atoms with van der Waals surface area (Å²) >= 11 is 0. The molecule has 0 unspecified atom stereocenters. The Kier molecular flexibility index (Phi) is 4.58. The minimum atomic E-state index is -4.58. The molecule has 2 rings (SSSR count). The summed E-state index contributed by atoms with van der Waals surface area (Å²) in [7, 11) is 0. The molecule has 0 aliphatic carbocycles. The third-order valence-electron chi connectivity index (χ3n) is 3.26. The summed E-state index contributed by atoms with van der Waals surface area (Å²) in [6, 6.07) is 4.73. The zero-order valence-electron chi connectivity index (χ0n) is 12.7. The minimum absolute atomic E-state index is 0.122. The predicted molar refractivity (Wildman–Crippen MR) is 78.4 cm³/mol. The van der Waals surface area contributed by atoms with Gasteiger partial charge in [0.15, 0.2) is 5.69 Å². The summed E-state index contributed by atoms with van der Waals surface area (Å²) in [4.78, 5) is 22.1. The molecule has 7 nitrogen and oxygen atoms in total. The standard InChI is InChI=1S/C14H13F3N4O3/c1-8-5-10(21(23)24)3-4-11(8)18-13(22)7-20-9(2)6-12(19-20)14(15,16)17/h3-6H,7H2,1-2H3,(H,18,22).